The van der Waals surface area contributed by atoms with Crippen molar-refractivity contribution in [1.82, 2.24) is 15.5 Å². The van der Waals surface area contributed by atoms with Crippen LogP contribution in [0.15, 0.2) is 4.52 Å². The van der Waals surface area contributed by atoms with Crippen LogP contribution in [-0.2, 0) is 0 Å². The van der Waals surface area contributed by atoms with Crippen molar-refractivity contribution in [3.8, 4) is 0 Å². The molecule has 1 aromatic heterocycles. The molecule has 0 aliphatic carbocycles. The molecule has 0 bridgehead atoms. The third-order valence-electron chi connectivity index (χ3n) is 3.05. The predicted octanol–water partition coefficient (Wildman–Crippen LogP) is 1.20. The van der Waals surface area contributed by atoms with E-state index in [1.54, 1.807) is 0 Å². The summed E-state index contributed by atoms with van der Waals surface area (Å²) in [5.74, 6) is 1.97. The van der Waals surface area contributed by atoms with E-state index in [0.717, 1.165) is 19.0 Å². The fraction of sp³-hybridized carbons (Fsp3) is 0.800. The Morgan fingerprint density at radius 2 is 2.40 bits per heavy atom. The van der Waals surface area contributed by atoms with Gasteiger partial charge in [0, 0.05) is 13.6 Å². The second-order valence-corrected chi connectivity index (χ2v) is 4.14. The van der Waals surface area contributed by atoms with Crippen molar-refractivity contribution < 1.29 is 4.52 Å². The van der Waals surface area contributed by atoms with E-state index in [1.165, 1.54) is 6.42 Å². The van der Waals surface area contributed by atoms with Gasteiger partial charge in [0.15, 0.2) is 0 Å². The first-order chi connectivity index (χ1) is 7.22. The summed E-state index contributed by atoms with van der Waals surface area (Å²) in [4.78, 5) is 6.36. The number of anilines is 1. The second kappa shape index (κ2) is 4.18. The zero-order chi connectivity index (χ0) is 10.8. The van der Waals surface area contributed by atoms with Crippen LogP contribution in [0, 0.1) is 5.92 Å². The Morgan fingerprint density at radius 1 is 1.60 bits per heavy atom. The minimum atomic E-state index is 0.233. The Bertz CT molecular complexity index is 325. The fourth-order valence-electron chi connectivity index (χ4n) is 1.81. The van der Waals surface area contributed by atoms with Gasteiger partial charge in [0.2, 0.25) is 5.89 Å². The van der Waals surface area contributed by atoms with Crippen LogP contribution in [0.3, 0.4) is 0 Å². The molecule has 1 fully saturated rings. The van der Waals surface area contributed by atoms with E-state index in [4.69, 9.17) is 4.52 Å². The van der Waals surface area contributed by atoms with Crippen molar-refractivity contribution in [2.24, 2.45) is 5.92 Å². The molecule has 84 valence electrons. The van der Waals surface area contributed by atoms with Gasteiger partial charge >= 0.3 is 0 Å². The molecule has 1 saturated heterocycles. The highest BCUT2D eigenvalue weighted by molar-refractivity contribution is 5.25. The molecule has 5 nitrogen and oxygen atoms in total. The first kappa shape index (κ1) is 10.4. The second-order valence-electron chi connectivity index (χ2n) is 4.14. The zero-order valence-corrected chi connectivity index (χ0v) is 9.53. The molecular weight excluding hydrogens is 192 g/mol. The summed E-state index contributed by atoms with van der Waals surface area (Å²) in [6.45, 7) is 6.18. The number of hydrogen-bond acceptors (Lipinski definition) is 5. The third kappa shape index (κ3) is 1.97. The van der Waals surface area contributed by atoms with Crippen LogP contribution in [0.5, 0.6) is 0 Å². The largest absolute Gasteiger partial charge is 0.342 e. The van der Waals surface area contributed by atoms with Crippen LogP contribution in [0.4, 0.5) is 5.95 Å². The summed E-state index contributed by atoms with van der Waals surface area (Å²) >= 11 is 0. The molecular formula is C10H18N4O. The van der Waals surface area contributed by atoms with Crippen molar-refractivity contribution in [3.63, 3.8) is 0 Å². The molecule has 15 heavy (non-hydrogen) atoms. The highest BCUT2D eigenvalue weighted by Gasteiger charge is 2.29. The first-order valence-corrected chi connectivity index (χ1v) is 5.50. The zero-order valence-electron chi connectivity index (χ0n) is 9.53. The molecule has 1 aromatic rings. The van der Waals surface area contributed by atoms with E-state index >= 15 is 0 Å². The lowest BCUT2D eigenvalue weighted by atomic mass is 10.0. The van der Waals surface area contributed by atoms with E-state index in [1.807, 2.05) is 11.9 Å². The van der Waals surface area contributed by atoms with Crippen molar-refractivity contribution >= 4 is 5.95 Å². The Balaban J connectivity index is 2.12. The molecule has 0 saturated carbocycles. The fourth-order valence-corrected chi connectivity index (χ4v) is 1.81. The predicted molar refractivity (Wildman–Crippen MR) is 57.8 cm³/mol. The third-order valence-corrected chi connectivity index (χ3v) is 3.05. The minimum Gasteiger partial charge on any atom is -0.342 e. The minimum absolute atomic E-state index is 0.233. The molecule has 0 radical (unpaired) electrons. The lowest BCUT2D eigenvalue weighted by Crippen LogP contribution is -2.19. The van der Waals surface area contributed by atoms with Gasteiger partial charge in [-0.3, -0.25) is 0 Å². The van der Waals surface area contributed by atoms with Gasteiger partial charge in [0.25, 0.3) is 5.95 Å². The summed E-state index contributed by atoms with van der Waals surface area (Å²) in [5, 5.41) is 7.34. The average Bonchev–Trinajstić information content (AvgIpc) is 2.84. The maximum atomic E-state index is 5.28. The quantitative estimate of drug-likeness (QED) is 0.812. The van der Waals surface area contributed by atoms with Gasteiger partial charge in [-0.1, -0.05) is 6.92 Å². The topological polar surface area (TPSA) is 54.2 Å². The lowest BCUT2D eigenvalue weighted by molar-refractivity contribution is 0.319. The monoisotopic (exact) mass is 210 g/mol. The highest BCUT2D eigenvalue weighted by atomic mass is 16.5. The SMILES string of the molecule is CCN(C)c1noc(C2NCCC2C)n1. The van der Waals surface area contributed by atoms with Crippen LogP contribution in [0.1, 0.15) is 32.2 Å². The van der Waals surface area contributed by atoms with E-state index in [2.05, 4.69) is 29.3 Å². The van der Waals surface area contributed by atoms with Gasteiger partial charge in [-0.05, 0) is 31.0 Å². The Hall–Kier alpha value is -1.10. The van der Waals surface area contributed by atoms with Crippen LogP contribution in [0.25, 0.3) is 0 Å². The standard InChI is InChI=1S/C10H18N4O/c1-4-14(3)10-12-9(15-13-10)8-7(2)5-6-11-8/h7-8,11H,4-6H2,1-3H3. The molecule has 2 rings (SSSR count). The van der Waals surface area contributed by atoms with Crippen LogP contribution in [0.2, 0.25) is 0 Å². The number of aromatic nitrogens is 2. The first-order valence-electron chi connectivity index (χ1n) is 5.50. The molecule has 2 heterocycles. The Labute approximate surface area is 89.8 Å². The van der Waals surface area contributed by atoms with Gasteiger partial charge in [0.05, 0.1) is 6.04 Å². The van der Waals surface area contributed by atoms with Crippen molar-refractivity contribution in [1.29, 1.82) is 0 Å². The van der Waals surface area contributed by atoms with E-state index in [0.29, 0.717) is 11.9 Å². The number of hydrogen-bond donors (Lipinski definition) is 1. The summed E-state index contributed by atoms with van der Waals surface area (Å²) < 4.78 is 5.28. The summed E-state index contributed by atoms with van der Waals surface area (Å²) in [7, 11) is 1.96. The molecule has 5 heteroatoms. The van der Waals surface area contributed by atoms with Gasteiger partial charge < -0.3 is 14.7 Å². The smallest absolute Gasteiger partial charge is 0.265 e. The summed E-state index contributed by atoms with van der Waals surface area (Å²) in [5.41, 5.74) is 0. The molecule has 1 aliphatic rings. The van der Waals surface area contributed by atoms with Crippen molar-refractivity contribution in [2.75, 3.05) is 25.0 Å². The molecule has 2 unspecified atom stereocenters. The van der Waals surface area contributed by atoms with Gasteiger partial charge in [-0.15, -0.1) is 0 Å². The molecule has 0 spiro atoms. The summed E-state index contributed by atoms with van der Waals surface area (Å²) in [6.07, 6.45) is 1.17. The van der Waals surface area contributed by atoms with Crippen LogP contribution < -0.4 is 10.2 Å². The van der Waals surface area contributed by atoms with Crippen LogP contribution in [-0.4, -0.2) is 30.3 Å². The Kier molecular flexibility index (Phi) is 2.90. The number of nitrogens with zero attached hydrogens (tertiary/aromatic N) is 3. The molecule has 2 atom stereocenters. The maximum absolute atomic E-state index is 5.28. The van der Waals surface area contributed by atoms with Gasteiger partial charge in [-0.25, -0.2) is 0 Å². The highest BCUT2D eigenvalue weighted by Crippen LogP contribution is 2.28. The average molecular weight is 210 g/mol. The van der Waals surface area contributed by atoms with Gasteiger partial charge in [0.1, 0.15) is 0 Å². The summed E-state index contributed by atoms with van der Waals surface area (Å²) in [6, 6.07) is 0.233. The maximum Gasteiger partial charge on any atom is 0.265 e. The molecule has 0 aromatic carbocycles. The van der Waals surface area contributed by atoms with Crippen molar-refractivity contribution in [2.45, 2.75) is 26.3 Å². The van der Waals surface area contributed by atoms with Gasteiger partial charge in [-0.2, -0.15) is 4.98 Å². The molecule has 1 aliphatic heterocycles. The molecule has 1 N–H and O–H groups in total. The van der Waals surface area contributed by atoms with E-state index in [9.17, 15) is 0 Å². The van der Waals surface area contributed by atoms with Crippen molar-refractivity contribution in [3.05, 3.63) is 5.89 Å². The number of nitrogens with one attached hydrogen (secondary N) is 1. The van der Waals surface area contributed by atoms with Crippen LogP contribution >= 0.6 is 0 Å². The Morgan fingerprint density at radius 3 is 3.00 bits per heavy atom. The number of rotatable bonds is 3. The molecule has 0 amide bonds. The normalized spacial score (nSPS) is 25.8. The lowest BCUT2D eigenvalue weighted by Gasteiger charge is -2.10. The van der Waals surface area contributed by atoms with E-state index in [-0.39, 0.29) is 6.04 Å². The van der Waals surface area contributed by atoms with E-state index < -0.39 is 0 Å².